The smallest absolute Gasteiger partial charge is 0.194 e. The van der Waals surface area contributed by atoms with Gasteiger partial charge in [-0.25, -0.2) is 4.98 Å². The second-order valence-electron chi connectivity index (χ2n) is 8.12. The number of rotatable bonds is 8. The van der Waals surface area contributed by atoms with Crippen LogP contribution in [0.4, 0.5) is 0 Å². The molecule has 0 spiro atoms. The molecule has 0 aromatic carbocycles. The van der Waals surface area contributed by atoms with Crippen molar-refractivity contribution in [2.75, 3.05) is 19.8 Å². The largest absolute Gasteiger partial charge is 0.353 e. The zero-order valence-electron chi connectivity index (χ0n) is 18.9. The van der Waals surface area contributed by atoms with Crippen LogP contribution in [0.3, 0.4) is 0 Å². The molecule has 0 bridgehead atoms. The summed E-state index contributed by atoms with van der Waals surface area (Å²) in [6, 6.07) is 0. The second kappa shape index (κ2) is 12.7. The van der Waals surface area contributed by atoms with Gasteiger partial charge in [-0.1, -0.05) is 0 Å². The first-order chi connectivity index (χ1) is 15.5. The van der Waals surface area contributed by atoms with Gasteiger partial charge >= 0.3 is 0 Å². The predicted octanol–water partition coefficient (Wildman–Crippen LogP) is 3.50. The highest BCUT2D eigenvalue weighted by Crippen LogP contribution is 2.18. The molecule has 4 rings (SSSR count). The number of hydrogen-bond acceptors (Lipinski definition) is 8. The Kier molecular flexibility index (Phi) is 9.73. The number of ketones is 2. The van der Waals surface area contributed by atoms with Crippen LogP contribution in [-0.2, 0) is 30.3 Å². The van der Waals surface area contributed by atoms with Crippen LogP contribution in [0, 0.1) is 0 Å². The van der Waals surface area contributed by atoms with Gasteiger partial charge in [0.05, 0.1) is 30.8 Å². The molecule has 2 unspecified atom stereocenters. The van der Waals surface area contributed by atoms with E-state index in [0.29, 0.717) is 31.2 Å². The Morgan fingerprint density at radius 2 is 1.66 bits per heavy atom. The molecule has 2 saturated heterocycles. The lowest BCUT2D eigenvalue weighted by atomic mass is 10.1. The van der Waals surface area contributed by atoms with Crippen molar-refractivity contribution in [1.82, 2.24) is 9.97 Å². The Morgan fingerprint density at radius 1 is 1.00 bits per heavy atom. The van der Waals surface area contributed by atoms with Crippen molar-refractivity contribution in [3.05, 3.63) is 29.5 Å². The highest BCUT2D eigenvalue weighted by atomic mass is 16.7. The highest BCUT2D eigenvalue weighted by Gasteiger charge is 2.18. The standard InChI is InChI=1S/C12H17NO3.C11H16N2O3/c1-9(14)11-6-10(7-13-11)8-16-12-4-2-3-5-15-12;1-8(14)11-12-6-9(13-11)7-16-10-4-2-3-5-15-10/h7,12H,2-6,8H2,1H3;6,10H,2-5,7H2,1H3,(H,12,13). The first-order valence-corrected chi connectivity index (χ1v) is 11.3. The topological polar surface area (TPSA) is 112 Å². The van der Waals surface area contributed by atoms with Gasteiger partial charge in [0.1, 0.15) is 0 Å². The molecule has 2 atom stereocenters. The molecule has 2 fully saturated rings. The zero-order chi connectivity index (χ0) is 22.8. The van der Waals surface area contributed by atoms with E-state index in [-0.39, 0.29) is 24.1 Å². The number of nitrogens with one attached hydrogen (secondary N) is 1. The van der Waals surface area contributed by atoms with Crippen LogP contribution in [0.15, 0.2) is 23.0 Å². The number of Topliss-reactive ketones (excluding diaryl/α,β-unsaturated/α-hetero) is 2. The zero-order valence-corrected chi connectivity index (χ0v) is 18.9. The lowest BCUT2D eigenvalue weighted by Crippen LogP contribution is -2.23. The van der Waals surface area contributed by atoms with Gasteiger partial charge in [-0.15, -0.1) is 0 Å². The van der Waals surface area contributed by atoms with Gasteiger partial charge < -0.3 is 23.9 Å². The molecule has 0 amide bonds. The van der Waals surface area contributed by atoms with Gasteiger partial charge in [0.15, 0.2) is 30.0 Å². The number of carbonyl (C=O) groups is 2. The third-order valence-electron chi connectivity index (χ3n) is 5.32. The second-order valence-corrected chi connectivity index (χ2v) is 8.12. The molecule has 4 heterocycles. The molecule has 0 radical (unpaired) electrons. The molecule has 0 aliphatic carbocycles. The van der Waals surface area contributed by atoms with Crippen LogP contribution >= 0.6 is 0 Å². The summed E-state index contributed by atoms with van der Waals surface area (Å²) < 4.78 is 22.1. The van der Waals surface area contributed by atoms with Crippen molar-refractivity contribution < 1.29 is 28.5 Å². The Labute approximate surface area is 188 Å². The molecule has 32 heavy (non-hydrogen) atoms. The normalized spacial score (nSPS) is 23.1. The van der Waals surface area contributed by atoms with E-state index >= 15 is 0 Å². The van der Waals surface area contributed by atoms with Crippen molar-refractivity contribution >= 4 is 17.3 Å². The third-order valence-corrected chi connectivity index (χ3v) is 5.32. The molecular weight excluding hydrogens is 414 g/mol. The summed E-state index contributed by atoms with van der Waals surface area (Å²) in [6.07, 6.45) is 10.3. The summed E-state index contributed by atoms with van der Waals surface area (Å²) in [6.45, 7) is 5.51. The quantitative estimate of drug-likeness (QED) is 0.607. The molecule has 9 nitrogen and oxygen atoms in total. The van der Waals surface area contributed by atoms with Gasteiger partial charge in [0.25, 0.3) is 0 Å². The summed E-state index contributed by atoms with van der Waals surface area (Å²) in [5.41, 5.74) is 2.49. The van der Waals surface area contributed by atoms with Gasteiger partial charge in [0.2, 0.25) is 0 Å². The van der Waals surface area contributed by atoms with E-state index in [9.17, 15) is 9.59 Å². The van der Waals surface area contributed by atoms with Crippen molar-refractivity contribution in [3.8, 4) is 0 Å². The number of aromatic nitrogens is 2. The summed E-state index contributed by atoms with van der Waals surface area (Å²) in [4.78, 5) is 33.0. The van der Waals surface area contributed by atoms with Gasteiger partial charge in [-0.05, 0) is 44.1 Å². The lowest BCUT2D eigenvalue weighted by Gasteiger charge is -2.22. The Morgan fingerprint density at radius 3 is 2.16 bits per heavy atom. The van der Waals surface area contributed by atoms with E-state index in [1.165, 1.54) is 13.3 Å². The maximum absolute atomic E-state index is 11.1. The Hall–Kier alpha value is -2.20. The molecule has 3 aliphatic heterocycles. The van der Waals surface area contributed by atoms with Crippen LogP contribution in [0.25, 0.3) is 0 Å². The highest BCUT2D eigenvalue weighted by molar-refractivity contribution is 6.40. The number of hydrogen-bond donors (Lipinski definition) is 1. The minimum atomic E-state index is -0.113. The van der Waals surface area contributed by atoms with E-state index in [0.717, 1.165) is 56.6 Å². The number of nitrogens with zero attached hydrogens (tertiary/aromatic N) is 2. The third kappa shape index (κ3) is 8.05. The van der Waals surface area contributed by atoms with Gasteiger partial charge in [-0.3, -0.25) is 14.6 Å². The SMILES string of the molecule is CC(=O)C1=NC=C(COC2CCCCO2)C1.CC(=O)c1ncc(COC2CCCCO2)[nH]1. The number of aromatic amines is 1. The van der Waals surface area contributed by atoms with Crippen LogP contribution < -0.4 is 0 Å². The van der Waals surface area contributed by atoms with Crippen molar-refractivity contribution in [2.45, 2.75) is 78.0 Å². The van der Waals surface area contributed by atoms with Crippen LogP contribution in [0.2, 0.25) is 0 Å². The Balaban J connectivity index is 0.000000181. The predicted molar refractivity (Wildman–Crippen MR) is 117 cm³/mol. The molecule has 1 N–H and O–H groups in total. The van der Waals surface area contributed by atoms with Gasteiger partial charge in [0, 0.05) is 39.7 Å². The molecular formula is C23H33N3O6. The van der Waals surface area contributed by atoms with Crippen LogP contribution in [0.5, 0.6) is 0 Å². The molecule has 1 aromatic heterocycles. The number of ether oxygens (including phenoxy) is 4. The molecule has 3 aliphatic rings. The van der Waals surface area contributed by atoms with E-state index in [1.54, 1.807) is 19.3 Å². The fraction of sp³-hybridized carbons (Fsp3) is 0.652. The average Bonchev–Trinajstić information content (AvgIpc) is 3.48. The minimum absolute atomic E-state index is 0.0418. The van der Waals surface area contributed by atoms with Crippen molar-refractivity contribution in [2.24, 2.45) is 4.99 Å². The van der Waals surface area contributed by atoms with Crippen molar-refractivity contribution in [1.29, 1.82) is 0 Å². The van der Waals surface area contributed by atoms with Crippen LogP contribution in [0.1, 0.15) is 75.1 Å². The Bertz CT molecular complexity index is 819. The first-order valence-electron chi connectivity index (χ1n) is 11.3. The fourth-order valence-electron chi connectivity index (χ4n) is 3.46. The van der Waals surface area contributed by atoms with Gasteiger partial charge in [-0.2, -0.15) is 0 Å². The minimum Gasteiger partial charge on any atom is -0.353 e. The monoisotopic (exact) mass is 447 g/mol. The molecule has 176 valence electrons. The number of aliphatic imine (C=N–C) groups is 1. The van der Waals surface area contributed by atoms with E-state index in [4.69, 9.17) is 18.9 Å². The maximum Gasteiger partial charge on any atom is 0.194 e. The number of carbonyl (C=O) groups excluding carboxylic acids is 2. The number of H-pyrrole nitrogens is 1. The molecule has 9 heteroatoms. The van der Waals surface area contributed by atoms with E-state index < -0.39 is 0 Å². The fourth-order valence-corrected chi connectivity index (χ4v) is 3.46. The summed E-state index contributed by atoms with van der Waals surface area (Å²) in [7, 11) is 0. The molecule has 0 saturated carbocycles. The number of imidazole rings is 1. The van der Waals surface area contributed by atoms with E-state index in [2.05, 4.69) is 15.0 Å². The summed E-state index contributed by atoms with van der Waals surface area (Å²) in [5, 5.41) is 0. The average molecular weight is 448 g/mol. The van der Waals surface area contributed by atoms with Crippen molar-refractivity contribution in [3.63, 3.8) is 0 Å². The summed E-state index contributed by atoms with van der Waals surface area (Å²) >= 11 is 0. The maximum atomic E-state index is 11.1. The first kappa shape index (κ1) is 24.4. The van der Waals surface area contributed by atoms with Crippen LogP contribution in [-0.4, -0.2) is 59.6 Å². The summed E-state index contributed by atoms with van der Waals surface area (Å²) in [5.74, 6) is 0.350. The molecule has 1 aromatic rings. The van der Waals surface area contributed by atoms with E-state index in [1.807, 2.05) is 0 Å². The lowest BCUT2D eigenvalue weighted by molar-refractivity contribution is -0.169.